The summed E-state index contributed by atoms with van der Waals surface area (Å²) in [5.41, 5.74) is 3.78. The fourth-order valence-electron chi connectivity index (χ4n) is 2.03. The number of thiazole rings is 1. The Morgan fingerprint density at radius 3 is 2.65 bits per heavy atom. The van der Waals surface area contributed by atoms with Gasteiger partial charge < -0.3 is 10.6 Å². The summed E-state index contributed by atoms with van der Waals surface area (Å²) < 4.78 is 0. The predicted molar refractivity (Wildman–Crippen MR) is 92.8 cm³/mol. The Kier molecular flexibility index (Phi) is 5.87. The number of nitrogens with one attached hydrogen (secondary N) is 2. The number of hydrogen-bond acceptors (Lipinski definition) is 4. The fraction of sp³-hybridized carbons (Fsp3) is 0.353. The van der Waals surface area contributed by atoms with Gasteiger partial charge in [-0.05, 0) is 30.5 Å². The van der Waals surface area contributed by atoms with Crippen molar-refractivity contribution < 1.29 is 9.59 Å². The molecule has 1 heterocycles. The maximum atomic E-state index is 11.7. The first-order valence-electron chi connectivity index (χ1n) is 7.55. The highest BCUT2D eigenvalue weighted by molar-refractivity contribution is 7.15. The van der Waals surface area contributed by atoms with Gasteiger partial charge >= 0.3 is 0 Å². The van der Waals surface area contributed by atoms with Crippen LogP contribution in [0.3, 0.4) is 0 Å². The summed E-state index contributed by atoms with van der Waals surface area (Å²) in [6.07, 6.45) is 2.94. The van der Waals surface area contributed by atoms with Gasteiger partial charge in [-0.25, -0.2) is 4.98 Å². The third-order valence-electron chi connectivity index (χ3n) is 3.52. The first-order chi connectivity index (χ1) is 11.0. The fourth-order valence-corrected chi connectivity index (χ4v) is 2.89. The van der Waals surface area contributed by atoms with Crippen LogP contribution >= 0.6 is 11.3 Å². The molecule has 122 valence electrons. The summed E-state index contributed by atoms with van der Waals surface area (Å²) in [6.45, 7) is 5.91. The lowest BCUT2D eigenvalue weighted by Gasteiger charge is -2.04. The third-order valence-corrected chi connectivity index (χ3v) is 4.43. The summed E-state index contributed by atoms with van der Waals surface area (Å²) in [5.74, 6) is -0.409. The van der Waals surface area contributed by atoms with Crippen LogP contribution in [0.5, 0.6) is 0 Å². The summed E-state index contributed by atoms with van der Waals surface area (Å²) in [6, 6.07) is 6.40. The number of aryl methyl sites for hydroxylation is 2. The lowest BCUT2D eigenvalue weighted by molar-refractivity contribution is -0.123. The van der Waals surface area contributed by atoms with Crippen molar-refractivity contribution >= 4 is 28.3 Å². The van der Waals surface area contributed by atoms with Crippen LogP contribution in [0.2, 0.25) is 0 Å². The van der Waals surface area contributed by atoms with E-state index in [1.165, 1.54) is 28.0 Å². The molecule has 2 amide bonds. The molecule has 6 heteroatoms. The normalized spacial score (nSPS) is 10.4. The van der Waals surface area contributed by atoms with E-state index in [1.807, 2.05) is 0 Å². The van der Waals surface area contributed by atoms with E-state index in [4.69, 9.17) is 0 Å². The minimum atomic E-state index is -0.265. The third kappa shape index (κ3) is 5.17. The molecule has 2 aromatic rings. The smallest absolute Gasteiger partial charge is 0.245 e. The first-order valence-corrected chi connectivity index (χ1v) is 8.37. The summed E-state index contributed by atoms with van der Waals surface area (Å²) >= 11 is 1.45. The van der Waals surface area contributed by atoms with Crippen LogP contribution in [-0.4, -0.2) is 23.3 Å². The van der Waals surface area contributed by atoms with E-state index in [-0.39, 0.29) is 18.4 Å². The topological polar surface area (TPSA) is 71.1 Å². The van der Waals surface area contributed by atoms with Crippen LogP contribution < -0.4 is 10.6 Å². The molecule has 0 unspecified atom stereocenters. The zero-order valence-corrected chi connectivity index (χ0v) is 14.4. The molecule has 5 nitrogen and oxygen atoms in total. The van der Waals surface area contributed by atoms with Gasteiger partial charge in [0.15, 0.2) is 5.13 Å². The lowest BCUT2D eigenvalue weighted by Crippen LogP contribution is -2.32. The molecule has 0 radical (unpaired) electrons. The van der Waals surface area contributed by atoms with Gasteiger partial charge in [0.05, 0.1) is 6.54 Å². The second-order valence-corrected chi connectivity index (χ2v) is 6.52. The molecule has 0 spiro atoms. The molecule has 0 atom stereocenters. The Bertz CT molecular complexity index is 710. The first kappa shape index (κ1) is 17.1. The van der Waals surface area contributed by atoms with E-state index in [2.05, 4.69) is 47.7 Å². The molecule has 1 aromatic heterocycles. The van der Waals surface area contributed by atoms with E-state index in [1.54, 1.807) is 13.1 Å². The van der Waals surface area contributed by atoms with Crippen molar-refractivity contribution in [2.45, 2.75) is 33.6 Å². The molecule has 0 aliphatic rings. The predicted octanol–water partition coefficient (Wildman–Crippen LogP) is 2.82. The highest BCUT2D eigenvalue weighted by Gasteiger charge is 2.08. The van der Waals surface area contributed by atoms with Crippen LogP contribution in [-0.2, 0) is 16.0 Å². The molecule has 0 saturated carbocycles. The van der Waals surface area contributed by atoms with Crippen molar-refractivity contribution in [1.82, 2.24) is 10.3 Å². The standard InChI is InChI=1S/C17H21N3O2S/c1-4-15(21)18-10-16(22)20-17-19-9-14(23-17)8-13-6-5-11(2)12(3)7-13/h5-7,9H,4,8,10H2,1-3H3,(H,18,21)(H,19,20,22). The van der Waals surface area contributed by atoms with Crippen LogP contribution in [0, 0.1) is 13.8 Å². The Morgan fingerprint density at radius 2 is 1.96 bits per heavy atom. The molecule has 0 aliphatic carbocycles. The quantitative estimate of drug-likeness (QED) is 0.855. The number of nitrogens with zero attached hydrogens (tertiary/aromatic N) is 1. The van der Waals surface area contributed by atoms with Crippen LogP contribution in [0.1, 0.15) is 34.9 Å². The van der Waals surface area contributed by atoms with Gasteiger partial charge in [-0.1, -0.05) is 25.1 Å². The van der Waals surface area contributed by atoms with Gasteiger partial charge in [0.25, 0.3) is 0 Å². The van der Waals surface area contributed by atoms with E-state index < -0.39 is 0 Å². The van der Waals surface area contributed by atoms with Crippen LogP contribution in [0.4, 0.5) is 5.13 Å². The summed E-state index contributed by atoms with van der Waals surface area (Å²) in [4.78, 5) is 28.1. The van der Waals surface area contributed by atoms with E-state index in [0.29, 0.717) is 11.6 Å². The number of anilines is 1. The highest BCUT2D eigenvalue weighted by atomic mass is 32.1. The lowest BCUT2D eigenvalue weighted by atomic mass is 10.0. The van der Waals surface area contributed by atoms with Gasteiger partial charge in [0, 0.05) is 23.9 Å². The summed E-state index contributed by atoms with van der Waals surface area (Å²) in [5, 5.41) is 5.79. The van der Waals surface area contributed by atoms with Crippen molar-refractivity contribution in [3.8, 4) is 0 Å². The number of benzene rings is 1. The molecular weight excluding hydrogens is 310 g/mol. The van der Waals surface area contributed by atoms with Crippen molar-refractivity contribution in [2.24, 2.45) is 0 Å². The van der Waals surface area contributed by atoms with Gasteiger partial charge in [-0.3, -0.25) is 9.59 Å². The van der Waals surface area contributed by atoms with Crippen molar-refractivity contribution in [1.29, 1.82) is 0 Å². The average molecular weight is 331 g/mol. The molecule has 0 aliphatic heterocycles. The SMILES string of the molecule is CCC(=O)NCC(=O)Nc1ncc(Cc2ccc(C)c(C)c2)s1. The minimum Gasteiger partial charge on any atom is -0.347 e. The molecule has 2 rings (SSSR count). The zero-order valence-electron chi connectivity index (χ0n) is 13.6. The number of aromatic nitrogens is 1. The largest absolute Gasteiger partial charge is 0.347 e. The molecule has 1 aromatic carbocycles. The van der Waals surface area contributed by atoms with E-state index in [0.717, 1.165) is 11.3 Å². The number of carbonyl (C=O) groups excluding carboxylic acids is 2. The number of rotatable bonds is 6. The zero-order chi connectivity index (χ0) is 16.8. The van der Waals surface area contributed by atoms with Crippen LogP contribution in [0.15, 0.2) is 24.4 Å². The molecule has 0 saturated heterocycles. The average Bonchev–Trinajstić information content (AvgIpc) is 2.95. The second kappa shape index (κ2) is 7.87. The Labute approximate surface area is 140 Å². The Morgan fingerprint density at radius 1 is 1.17 bits per heavy atom. The maximum absolute atomic E-state index is 11.7. The van der Waals surface area contributed by atoms with E-state index >= 15 is 0 Å². The molecule has 0 fully saturated rings. The number of amides is 2. The van der Waals surface area contributed by atoms with Crippen molar-refractivity contribution in [3.63, 3.8) is 0 Å². The van der Waals surface area contributed by atoms with Crippen molar-refractivity contribution in [2.75, 3.05) is 11.9 Å². The molecule has 23 heavy (non-hydrogen) atoms. The van der Waals surface area contributed by atoms with Gasteiger partial charge in [-0.2, -0.15) is 0 Å². The number of hydrogen-bond donors (Lipinski definition) is 2. The Balaban J connectivity index is 1.91. The number of carbonyl (C=O) groups is 2. The van der Waals surface area contributed by atoms with Gasteiger partial charge in [0.1, 0.15) is 0 Å². The maximum Gasteiger partial charge on any atom is 0.245 e. The monoisotopic (exact) mass is 331 g/mol. The minimum absolute atomic E-state index is 0.0290. The molecule has 2 N–H and O–H groups in total. The van der Waals surface area contributed by atoms with Crippen molar-refractivity contribution in [3.05, 3.63) is 46.0 Å². The van der Waals surface area contributed by atoms with E-state index in [9.17, 15) is 9.59 Å². The second-order valence-electron chi connectivity index (χ2n) is 5.41. The highest BCUT2D eigenvalue weighted by Crippen LogP contribution is 2.22. The molecule has 0 bridgehead atoms. The molecular formula is C17H21N3O2S. The Hall–Kier alpha value is -2.21. The van der Waals surface area contributed by atoms with Gasteiger partial charge in [0.2, 0.25) is 11.8 Å². The van der Waals surface area contributed by atoms with Crippen LogP contribution in [0.25, 0.3) is 0 Å². The van der Waals surface area contributed by atoms with Gasteiger partial charge in [-0.15, -0.1) is 11.3 Å². The summed E-state index contributed by atoms with van der Waals surface area (Å²) in [7, 11) is 0.